The van der Waals surface area contributed by atoms with Gasteiger partial charge in [0.05, 0.1) is 12.9 Å². The Bertz CT molecular complexity index is 140. The molecule has 0 atom stereocenters. The van der Waals surface area contributed by atoms with Gasteiger partial charge in [0.15, 0.2) is 0 Å². The molecule has 5 nitrogen and oxygen atoms in total. The number of hydrogen-bond acceptors (Lipinski definition) is 5. The van der Waals surface area contributed by atoms with Crippen LogP contribution in [-0.2, 0) is 19.3 Å². The van der Waals surface area contributed by atoms with Crippen molar-refractivity contribution >= 4 is 10.1 Å². The maximum Gasteiger partial charge on any atom is 0.290 e. The highest BCUT2D eigenvalue weighted by Gasteiger charge is 1.98. The van der Waals surface area contributed by atoms with Crippen LogP contribution in [0.4, 0.5) is 0 Å². The minimum absolute atomic E-state index is 0. The van der Waals surface area contributed by atoms with Gasteiger partial charge in [-0.2, -0.15) is 8.42 Å². The van der Waals surface area contributed by atoms with Crippen LogP contribution in [0.1, 0.15) is 6.92 Å². The summed E-state index contributed by atoms with van der Waals surface area (Å²) >= 11 is 0. The minimum atomic E-state index is -3.41. The first-order chi connectivity index (χ1) is 3.56. The summed E-state index contributed by atoms with van der Waals surface area (Å²) in [5.41, 5.74) is 0. The molecule has 0 aromatic heterocycles. The lowest BCUT2D eigenvalue weighted by molar-refractivity contribution is -0.195. The zero-order valence-corrected chi connectivity index (χ0v) is 6.27. The van der Waals surface area contributed by atoms with E-state index in [1.807, 2.05) is 0 Å². The first kappa shape index (κ1) is 11.6. The summed E-state index contributed by atoms with van der Waals surface area (Å²) in [5, 5.41) is 0. The van der Waals surface area contributed by atoms with E-state index < -0.39 is 10.1 Å². The largest absolute Gasteiger partial charge is 0.344 e. The monoisotopic (exact) mass is 157 g/mol. The Balaban J connectivity index is 0. The van der Waals surface area contributed by atoms with E-state index in [2.05, 4.69) is 9.22 Å². The first-order valence-electron chi connectivity index (χ1n) is 2.07. The fraction of sp³-hybridized carbons (Fsp3) is 1.00. The summed E-state index contributed by atoms with van der Waals surface area (Å²) in [6.07, 6.45) is 0.919. The second kappa shape index (κ2) is 4.68. The van der Waals surface area contributed by atoms with Gasteiger partial charge in [-0.25, -0.2) is 4.89 Å². The van der Waals surface area contributed by atoms with Crippen molar-refractivity contribution < 1.29 is 17.6 Å². The maximum absolute atomic E-state index is 10.0. The highest BCUT2D eigenvalue weighted by molar-refractivity contribution is 7.85. The molecule has 0 aromatic rings. The van der Waals surface area contributed by atoms with E-state index in [1.165, 1.54) is 0 Å². The highest BCUT2D eigenvalue weighted by atomic mass is 32.2. The van der Waals surface area contributed by atoms with Crippen LogP contribution in [0, 0.1) is 0 Å². The number of rotatable bonds is 3. The van der Waals surface area contributed by atoms with E-state index in [1.54, 1.807) is 6.92 Å². The van der Waals surface area contributed by atoms with Crippen LogP contribution >= 0.6 is 0 Å². The van der Waals surface area contributed by atoms with Gasteiger partial charge in [-0.05, 0) is 6.92 Å². The Morgan fingerprint density at radius 1 is 1.44 bits per heavy atom. The summed E-state index contributed by atoms with van der Waals surface area (Å²) in [5.74, 6) is 0. The Morgan fingerprint density at radius 3 is 2.00 bits per heavy atom. The van der Waals surface area contributed by atoms with Gasteiger partial charge in [0.1, 0.15) is 0 Å². The molecule has 0 radical (unpaired) electrons. The zero-order valence-electron chi connectivity index (χ0n) is 5.46. The summed E-state index contributed by atoms with van der Waals surface area (Å²) in [6, 6.07) is 0. The van der Waals surface area contributed by atoms with Gasteiger partial charge >= 0.3 is 0 Å². The summed E-state index contributed by atoms with van der Waals surface area (Å²) in [6.45, 7) is 1.86. The van der Waals surface area contributed by atoms with Crippen molar-refractivity contribution in [1.82, 2.24) is 6.15 Å². The van der Waals surface area contributed by atoms with E-state index in [0.717, 1.165) is 6.26 Å². The number of hydrogen-bond donors (Lipinski definition) is 1. The fourth-order valence-corrected chi connectivity index (χ4v) is 0.407. The van der Waals surface area contributed by atoms with Gasteiger partial charge in [0.25, 0.3) is 10.1 Å². The molecule has 9 heavy (non-hydrogen) atoms. The van der Waals surface area contributed by atoms with Crippen LogP contribution in [-0.4, -0.2) is 21.3 Å². The molecule has 0 heterocycles. The molecular formula is C3H11NO4S. The summed E-state index contributed by atoms with van der Waals surface area (Å²) in [4.78, 5) is 4.11. The van der Waals surface area contributed by atoms with E-state index in [9.17, 15) is 8.42 Å². The smallest absolute Gasteiger partial charge is 0.290 e. The molecule has 0 spiro atoms. The molecule has 0 amide bonds. The van der Waals surface area contributed by atoms with Crippen LogP contribution in [0.25, 0.3) is 0 Å². The standard InChI is InChI=1S/C3H8O4S.H3N/c1-3-6-7-8(2,4)5;/h3H2,1-2H3;1H3. The topological polar surface area (TPSA) is 87.6 Å². The van der Waals surface area contributed by atoms with E-state index in [4.69, 9.17) is 0 Å². The lowest BCUT2D eigenvalue weighted by Crippen LogP contribution is -2.02. The molecule has 0 bridgehead atoms. The van der Waals surface area contributed by atoms with Crippen LogP contribution in [0.3, 0.4) is 0 Å². The van der Waals surface area contributed by atoms with Gasteiger partial charge in [0.2, 0.25) is 0 Å². The summed E-state index contributed by atoms with van der Waals surface area (Å²) < 4.78 is 23.9. The molecule has 0 aliphatic heterocycles. The third-order valence-corrected chi connectivity index (χ3v) is 0.633. The lowest BCUT2D eigenvalue weighted by atomic mass is 10.9. The van der Waals surface area contributed by atoms with Crippen molar-refractivity contribution in [2.24, 2.45) is 0 Å². The average molecular weight is 157 g/mol. The molecule has 0 rings (SSSR count). The SMILES string of the molecule is CCOOS(C)(=O)=O.N. The molecule has 0 aromatic carbocycles. The molecule has 0 aliphatic carbocycles. The van der Waals surface area contributed by atoms with Crippen LogP contribution in [0.15, 0.2) is 0 Å². The van der Waals surface area contributed by atoms with Gasteiger partial charge in [-0.1, -0.05) is 0 Å². The molecule has 3 N–H and O–H groups in total. The minimum Gasteiger partial charge on any atom is -0.344 e. The van der Waals surface area contributed by atoms with Crippen molar-refractivity contribution in [2.75, 3.05) is 12.9 Å². The first-order valence-corrected chi connectivity index (χ1v) is 3.89. The Kier molecular flexibility index (Phi) is 6.04. The maximum atomic E-state index is 10.0. The Labute approximate surface area is 54.6 Å². The zero-order chi connectivity index (χ0) is 6.62. The average Bonchev–Trinajstić information content (AvgIpc) is 1.59. The molecular weight excluding hydrogens is 146 g/mol. The van der Waals surface area contributed by atoms with E-state index in [0.29, 0.717) is 0 Å². The summed E-state index contributed by atoms with van der Waals surface area (Å²) in [7, 11) is -3.41. The third kappa shape index (κ3) is 11.4. The highest BCUT2D eigenvalue weighted by Crippen LogP contribution is 1.85. The van der Waals surface area contributed by atoms with Gasteiger partial charge in [-0.15, -0.1) is 4.33 Å². The molecule has 0 fully saturated rings. The van der Waals surface area contributed by atoms with Crippen molar-refractivity contribution in [2.45, 2.75) is 6.92 Å². The lowest BCUT2D eigenvalue weighted by Gasteiger charge is -1.93. The van der Waals surface area contributed by atoms with Crippen LogP contribution in [0.2, 0.25) is 0 Å². The van der Waals surface area contributed by atoms with Crippen molar-refractivity contribution in [3.05, 3.63) is 0 Å². The molecule has 58 valence electrons. The van der Waals surface area contributed by atoms with E-state index in [-0.39, 0.29) is 12.8 Å². The second-order valence-electron chi connectivity index (χ2n) is 1.18. The van der Waals surface area contributed by atoms with E-state index >= 15 is 0 Å². The van der Waals surface area contributed by atoms with Crippen molar-refractivity contribution in [3.8, 4) is 0 Å². The van der Waals surface area contributed by atoms with Crippen molar-refractivity contribution in [3.63, 3.8) is 0 Å². The second-order valence-corrected chi connectivity index (χ2v) is 2.72. The molecule has 6 heteroatoms. The molecule has 0 aliphatic rings. The normalized spacial score (nSPS) is 10.4. The van der Waals surface area contributed by atoms with Gasteiger partial charge in [-0.3, -0.25) is 0 Å². The predicted molar refractivity (Wildman–Crippen MR) is 32.6 cm³/mol. The fourth-order valence-electron chi connectivity index (χ4n) is 0.136. The quantitative estimate of drug-likeness (QED) is 0.463. The Morgan fingerprint density at radius 2 is 1.89 bits per heavy atom. The molecule has 0 saturated heterocycles. The Hall–Kier alpha value is -0.170. The van der Waals surface area contributed by atoms with Gasteiger partial charge < -0.3 is 6.15 Å². The predicted octanol–water partition coefficient (Wildman–Crippen LogP) is 0.0761. The van der Waals surface area contributed by atoms with Gasteiger partial charge in [0, 0.05) is 0 Å². The molecule has 0 saturated carbocycles. The third-order valence-electron chi connectivity index (χ3n) is 0.290. The molecule has 0 unspecified atom stereocenters. The van der Waals surface area contributed by atoms with Crippen LogP contribution in [0.5, 0.6) is 0 Å². The van der Waals surface area contributed by atoms with Crippen molar-refractivity contribution in [1.29, 1.82) is 0 Å². The van der Waals surface area contributed by atoms with Crippen LogP contribution < -0.4 is 6.15 Å².